The van der Waals surface area contributed by atoms with Gasteiger partial charge in [-0.3, -0.25) is 4.79 Å². The lowest BCUT2D eigenvalue weighted by Gasteiger charge is -2.30. The number of halogens is 1. The van der Waals surface area contributed by atoms with Crippen molar-refractivity contribution < 1.29 is 14.3 Å². The molecule has 1 saturated heterocycles. The molecule has 134 valence electrons. The maximum absolute atomic E-state index is 12.6. The summed E-state index contributed by atoms with van der Waals surface area (Å²) in [5, 5.41) is 6.80. The molecule has 2 N–H and O–H groups in total. The first-order valence-electron chi connectivity index (χ1n) is 8.67. The van der Waals surface area contributed by atoms with Crippen LogP contribution in [0.15, 0.2) is 12.1 Å². The van der Waals surface area contributed by atoms with Gasteiger partial charge >= 0.3 is 0 Å². The van der Waals surface area contributed by atoms with E-state index >= 15 is 0 Å². The number of ether oxygens (including phenoxy) is 2. The molecule has 1 aliphatic rings. The van der Waals surface area contributed by atoms with Crippen molar-refractivity contribution in [2.24, 2.45) is 5.92 Å². The number of benzene rings is 1. The lowest BCUT2D eigenvalue weighted by atomic mass is 9.94. The molecule has 1 aromatic rings. The number of rotatable bonds is 7. The van der Waals surface area contributed by atoms with Gasteiger partial charge in [0.05, 0.1) is 18.2 Å². The van der Waals surface area contributed by atoms with Crippen molar-refractivity contribution in [2.45, 2.75) is 39.7 Å². The van der Waals surface area contributed by atoms with Crippen LogP contribution in [0.25, 0.3) is 0 Å². The Labute approximate surface area is 149 Å². The van der Waals surface area contributed by atoms with Crippen LogP contribution in [0.5, 0.6) is 11.5 Å². The zero-order chi connectivity index (χ0) is 17.5. The molecule has 1 amide bonds. The van der Waals surface area contributed by atoms with Gasteiger partial charge in [-0.2, -0.15) is 0 Å². The van der Waals surface area contributed by atoms with E-state index in [1.165, 1.54) is 0 Å². The highest BCUT2D eigenvalue weighted by molar-refractivity contribution is 6.32. The summed E-state index contributed by atoms with van der Waals surface area (Å²) in [4.78, 5) is 12.6. The second kappa shape index (κ2) is 9.14. The molecule has 5 nitrogen and oxygen atoms in total. The third-order valence-electron chi connectivity index (χ3n) is 4.17. The van der Waals surface area contributed by atoms with Crippen LogP contribution in [0.2, 0.25) is 5.02 Å². The predicted octanol–water partition coefficient (Wildman–Crippen LogP) is 3.26. The highest BCUT2D eigenvalue weighted by atomic mass is 35.5. The summed E-state index contributed by atoms with van der Waals surface area (Å²) in [6, 6.07) is 3.47. The summed E-state index contributed by atoms with van der Waals surface area (Å²) < 4.78 is 11.3. The van der Waals surface area contributed by atoms with Crippen molar-refractivity contribution in [3.05, 3.63) is 22.7 Å². The van der Waals surface area contributed by atoms with Gasteiger partial charge in [-0.05, 0) is 44.4 Å². The Kier molecular flexibility index (Phi) is 7.18. The average Bonchev–Trinajstić information content (AvgIpc) is 2.56. The molecule has 0 spiro atoms. The van der Waals surface area contributed by atoms with Crippen LogP contribution in [0.3, 0.4) is 0 Å². The normalized spacial score (nSPS) is 20.5. The first-order chi connectivity index (χ1) is 11.6. The van der Waals surface area contributed by atoms with Crippen molar-refractivity contribution in [3.8, 4) is 11.5 Å². The fourth-order valence-electron chi connectivity index (χ4n) is 2.74. The van der Waals surface area contributed by atoms with Gasteiger partial charge in [0.25, 0.3) is 5.91 Å². The van der Waals surface area contributed by atoms with E-state index in [0.29, 0.717) is 41.2 Å². The number of carbonyl (C=O) groups is 1. The molecule has 2 rings (SSSR count). The summed E-state index contributed by atoms with van der Waals surface area (Å²) in [6.45, 7) is 8.89. The van der Waals surface area contributed by atoms with Crippen molar-refractivity contribution in [1.82, 2.24) is 10.6 Å². The second-order valence-corrected chi connectivity index (χ2v) is 6.52. The Morgan fingerprint density at radius 3 is 2.83 bits per heavy atom. The van der Waals surface area contributed by atoms with Crippen molar-refractivity contribution in [3.63, 3.8) is 0 Å². The van der Waals surface area contributed by atoms with Crippen LogP contribution in [-0.2, 0) is 0 Å². The summed E-state index contributed by atoms with van der Waals surface area (Å²) in [5.74, 6) is 1.33. The lowest BCUT2D eigenvalue weighted by molar-refractivity contribution is 0.0914. The van der Waals surface area contributed by atoms with E-state index in [2.05, 4.69) is 17.6 Å². The van der Waals surface area contributed by atoms with E-state index in [9.17, 15) is 4.79 Å². The molecule has 0 aromatic heterocycles. The van der Waals surface area contributed by atoms with Crippen molar-refractivity contribution >= 4 is 17.5 Å². The molecule has 0 radical (unpaired) electrons. The van der Waals surface area contributed by atoms with Crippen LogP contribution in [0, 0.1) is 5.92 Å². The van der Waals surface area contributed by atoms with E-state index in [4.69, 9.17) is 21.1 Å². The highest BCUT2D eigenvalue weighted by Gasteiger charge is 2.24. The SMILES string of the molecule is CCCOc1c(Cl)cc(C(=O)NC2CNCCC2C)cc1OCC. The lowest BCUT2D eigenvalue weighted by Crippen LogP contribution is -2.50. The fourth-order valence-corrected chi connectivity index (χ4v) is 3.01. The smallest absolute Gasteiger partial charge is 0.251 e. The van der Waals surface area contributed by atoms with E-state index in [0.717, 1.165) is 25.9 Å². The first-order valence-corrected chi connectivity index (χ1v) is 9.05. The predicted molar refractivity (Wildman–Crippen MR) is 96.3 cm³/mol. The minimum atomic E-state index is -0.138. The van der Waals surface area contributed by atoms with Gasteiger partial charge in [0.1, 0.15) is 0 Å². The molecule has 2 unspecified atom stereocenters. The number of amides is 1. The van der Waals surface area contributed by atoms with Crippen LogP contribution in [0.4, 0.5) is 0 Å². The Morgan fingerprint density at radius 1 is 1.38 bits per heavy atom. The zero-order valence-electron chi connectivity index (χ0n) is 14.7. The number of hydrogen-bond acceptors (Lipinski definition) is 4. The van der Waals surface area contributed by atoms with Crippen LogP contribution < -0.4 is 20.1 Å². The Morgan fingerprint density at radius 2 is 2.17 bits per heavy atom. The first kappa shape index (κ1) is 18.9. The highest BCUT2D eigenvalue weighted by Crippen LogP contribution is 2.37. The summed E-state index contributed by atoms with van der Waals surface area (Å²) in [6.07, 6.45) is 1.93. The summed E-state index contributed by atoms with van der Waals surface area (Å²) >= 11 is 6.32. The maximum atomic E-state index is 12.6. The largest absolute Gasteiger partial charge is 0.490 e. The van der Waals surface area contributed by atoms with E-state index in [1.807, 2.05) is 13.8 Å². The Hall–Kier alpha value is -1.46. The second-order valence-electron chi connectivity index (χ2n) is 6.12. The van der Waals surface area contributed by atoms with E-state index < -0.39 is 0 Å². The van der Waals surface area contributed by atoms with Gasteiger partial charge < -0.3 is 20.1 Å². The van der Waals surface area contributed by atoms with Gasteiger partial charge in [0, 0.05) is 18.2 Å². The van der Waals surface area contributed by atoms with Crippen LogP contribution in [0.1, 0.15) is 44.0 Å². The summed E-state index contributed by atoms with van der Waals surface area (Å²) in [5.41, 5.74) is 0.491. The van der Waals surface area contributed by atoms with Gasteiger partial charge in [0.15, 0.2) is 11.5 Å². The standard InChI is InChI=1S/C18H27ClN2O3/c1-4-8-24-17-14(19)9-13(10-16(17)23-5-2)18(22)21-15-11-20-7-6-12(15)3/h9-10,12,15,20H,4-8,11H2,1-3H3,(H,21,22). The molecule has 1 aromatic carbocycles. The molecule has 0 aliphatic carbocycles. The minimum Gasteiger partial charge on any atom is -0.490 e. The van der Waals surface area contributed by atoms with Gasteiger partial charge in [-0.15, -0.1) is 0 Å². The monoisotopic (exact) mass is 354 g/mol. The van der Waals surface area contributed by atoms with Crippen molar-refractivity contribution in [2.75, 3.05) is 26.3 Å². The molecular formula is C18H27ClN2O3. The molecule has 6 heteroatoms. The molecule has 1 fully saturated rings. The van der Waals surface area contributed by atoms with E-state index in [1.54, 1.807) is 12.1 Å². The Balaban J connectivity index is 2.18. The number of nitrogens with one attached hydrogen (secondary N) is 2. The van der Waals surface area contributed by atoms with E-state index in [-0.39, 0.29) is 11.9 Å². The number of hydrogen-bond donors (Lipinski definition) is 2. The van der Waals surface area contributed by atoms with Crippen LogP contribution in [-0.4, -0.2) is 38.3 Å². The molecule has 0 saturated carbocycles. The quantitative estimate of drug-likeness (QED) is 0.789. The van der Waals surface area contributed by atoms with Gasteiger partial charge in [-0.1, -0.05) is 25.4 Å². The molecular weight excluding hydrogens is 328 g/mol. The topological polar surface area (TPSA) is 59.6 Å². The number of piperidine rings is 1. The molecule has 1 heterocycles. The molecule has 0 bridgehead atoms. The van der Waals surface area contributed by atoms with Gasteiger partial charge in [0.2, 0.25) is 0 Å². The fraction of sp³-hybridized carbons (Fsp3) is 0.611. The maximum Gasteiger partial charge on any atom is 0.251 e. The van der Waals surface area contributed by atoms with Gasteiger partial charge in [-0.25, -0.2) is 0 Å². The average molecular weight is 355 g/mol. The Bertz CT molecular complexity index is 565. The number of carbonyl (C=O) groups excluding carboxylic acids is 1. The molecule has 1 aliphatic heterocycles. The molecule has 2 atom stereocenters. The minimum absolute atomic E-state index is 0.122. The molecule has 24 heavy (non-hydrogen) atoms. The zero-order valence-corrected chi connectivity index (χ0v) is 15.4. The third kappa shape index (κ3) is 4.77. The third-order valence-corrected chi connectivity index (χ3v) is 4.45. The summed E-state index contributed by atoms with van der Waals surface area (Å²) in [7, 11) is 0. The van der Waals surface area contributed by atoms with Crippen molar-refractivity contribution in [1.29, 1.82) is 0 Å². The van der Waals surface area contributed by atoms with Crippen LogP contribution >= 0.6 is 11.6 Å².